The highest BCUT2D eigenvalue weighted by molar-refractivity contribution is 7.68. The average molecular weight is 519 g/mol. The van der Waals surface area contributed by atoms with Gasteiger partial charge in [-0.15, -0.1) is 0 Å². The molecule has 0 bridgehead atoms. The van der Waals surface area contributed by atoms with Crippen LogP contribution in [0.15, 0.2) is 4.79 Å². The second-order valence-corrected chi connectivity index (χ2v) is 10.6. The lowest BCUT2D eigenvalue weighted by Crippen LogP contribution is -2.43. The van der Waals surface area contributed by atoms with Crippen molar-refractivity contribution in [3.05, 3.63) is 10.4 Å². The number of ether oxygens (including phenoxy) is 1. The van der Waals surface area contributed by atoms with Crippen molar-refractivity contribution in [1.82, 2.24) is 9.97 Å². The molecule has 0 radical (unpaired) electrons. The van der Waals surface area contributed by atoms with E-state index in [0.29, 0.717) is 0 Å². The van der Waals surface area contributed by atoms with Crippen LogP contribution in [-0.4, -0.2) is 61.4 Å². The van der Waals surface area contributed by atoms with Gasteiger partial charge in [-0.05, 0) is 0 Å². The number of nitrogens with two attached hydrogens (primary N) is 1. The summed E-state index contributed by atoms with van der Waals surface area (Å²) in [4.78, 5) is 53.8. The van der Waals surface area contributed by atoms with E-state index in [1.165, 1.54) is 0 Å². The topological polar surface area (TPSA) is 247 Å². The van der Waals surface area contributed by atoms with Crippen molar-refractivity contribution >= 4 is 40.7 Å². The third-order valence-electron chi connectivity index (χ3n) is 3.30. The van der Waals surface area contributed by atoms with Crippen LogP contribution < -0.4 is 21.5 Å². The van der Waals surface area contributed by atoms with Crippen molar-refractivity contribution < 1.29 is 59.8 Å². The van der Waals surface area contributed by atoms with Crippen LogP contribution in [0.4, 0.5) is 30.6 Å². The largest absolute Gasteiger partial charge is 0.488 e. The summed E-state index contributed by atoms with van der Waals surface area (Å²) in [5.74, 6) is -0.642. The summed E-state index contributed by atoms with van der Waals surface area (Å²) in [6.07, 6.45) is -9.75. The maximum Gasteiger partial charge on any atom is 0.488 e. The third kappa shape index (κ3) is 7.54. The number of H-pyrrole nitrogens is 1. The van der Waals surface area contributed by atoms with Gasteiger partial charge in [0.1, 0.15) is 12.0 Å². The molecule has 3 atom stereocenters. The maximum absolute atomic E-state index is 13.3. The number of hydrogen-bond acceptors (Lipinski definition) is 11. The molecule has 22 heteroatoms. The molecule has 0 amide bonds. The van der Waals surface area contributed by atoms with E-state index in [1.54, 1.807) is 0 Å². The van der Waals surface area contributed by atoms with Crippen LogP contribution >= 0.6 is 23.2 Å². The van der Waals surface area contributed by atoms with Gasteiger partial charge in [0.15, 0.2) is 11.9 Å². The Morgan fingerprint density at radius 3 is 2.35 bits per heavy atom. The molecule has 178 valence electrons. The predicted octanol–water partition coefficient (Wildman–Crippen LogP) is -0.142. The molecule has 0 fully saturated rings. The van der Waals surface area contributed by atoms with Crippen LogP contribution in [0.25, 0.3) is 0 Å². The summed E-state index contributed by atoms with van der Waals surface area (Å²) >= 11 is 0. The number of halogens is 3. The predicted molar refractivity (Wildman–Crippen MR) is 94.8 cm³/mol. The molecule has 0 saturated heterocycles. The highest BCUT2D eigenvalue weighted by Gasteiger charge is 2.46. The van der Waals surface area contributed by atoms with Gasteiger partial charge >= 0.3 is 29.4 Å². The van der Waals surface area contributed by atoms with Crippen molar-refractivity contribution in [2.75, 3.05) is 35.5 Å². The van der Waals surface area contributed by atoms with E-state index >= 15 is 0 Å². The first-order valence-corrected chi connectivity index (χ1v) is 12.4. The van der Waals surface area contributed by atoms with Gasteiger partial charge in [-0.1, -0.05) is 0 Å². The monoisotopic (exact) mass is 519 g/mol. The molecule has 1 aromatic rings. The van der Waals surface area contributed by atoms with E-state index in [0.717, 1.165) is 4.90 Å². The molecule has 0 aromatic carbocycles. The molecule has 0 aliphatic carbocycles. The molecule has 1 aliphatic heterocycles. The summed E-state index contributed by atoms with van der Waals surface area (Å²) in [5.41, 5.74) is 4.41. The quantitative estimate of drug-likeness (QED) is 0.210. The van der Waals surface area contributed by atoms with Crippen LogP contribution in [0, 0.1) is 0 Å². The number of aromatic nitrogens is 2. The number of fused-ring (bicyclic) bond motifs is 1. The fourth-order valence-corrected chi connectivity index (χ4v) is 5.55. The molecule has 31 heavy (non-hydrogen) atoms. The Hall–Kier alpha value is -1.52. The number of nitrogens with zero attached hydrogens (tertiary/aromatic N) is 2. The number of alkyl halides is 3. The molecular formula is C9H15F3N5O11P3. The van der Waals surface area contributed by atoms with E-state index in [-0.39, 0.29) is 24.1 Å². The van der Waals surface area contributed by atoms with Gasteiger partial charge in [-0.2, -0.15) is 22.5 Å². The zero-order chi connectivity index (χ0) is 23.8. The molecule has 0 saturated carbocycles. The van der Waals surface area contributed by atoms with Gasteiger partial charge in [0.25, 0.3) is 5.56 Å². The summed E-state index contributed by atoms with van der Waals surface area (Å²) in [6, 6.07) is 0. The first-order valence-electron chi connectivity index (χ1n) is 7.58. The Labute approximate surface area is 169 Å². The molecule has 2 rings (SSSR count). The van der Waals surface area contributed by atoms with Crippen LogP contribution in [0.5, 0.6) is 0 Å². The summed E-state index contributed by atoms with van der Waals surface area (Å²) < 4.78 is 84.8. The average Bonchev–Trinajstić information content (AvgIpc) is 2.89. The molecule has 1 aliphatic rings. The van der Waals surface area contributed by atoms with Crippen molar-refractivity contribution in [3.8, 4) is 0 Å². The van der Waals surface area contributed by atoms with Crippen molar-refractivity contribution in [2.45, 2.75) is 12.3 Å². The molecule has 16 nitrogen and oxygen atoms in total. The number of rotatable bonds is 9. The lowest BCUT2D eigenvalue weighted by molar-refractivity contribution is -0.212. The summed E-state index contributed by atoms with van der Waals surface area (Å²) in [5, 5.41) is 2.48. The third-order valence-corrected chi connectivity index (χ3v) is 7.29. The number of aromatic amines is 1. The van der Waals surface area contributed by atoms with E-state index in [2.05, 4.69) is 28.6 Å². The number of anilines is 3. The van der Waals surface area contributed by atoms with Crippen LogP contribution in [0.3, 0.4) is 0 Å². The van der Waals surface area contributed by atoms with E-state index in [1.807, 2.05) is 0 Å². The van der Waals surface area contributed by atoms with Crippen molar-refractivity contribution in [1.29, 1.82) is 0 Å². The van der Waals surface area contributed by atoms with Gasteiger partial charge in [-0.25, -0.2) is 13.4 Å². The van der Waals surface area contributed by atoms with E-state index < -0.39 is 54.0 Å². The van der Waals surface area contributed by atoms with Crippen LogP contribution in [0.1, 0.15) is 0 Å². The lowest BCUT2D eigenvalue weighted by Gasteiger charge is -2.27. The minimum atomic E-state index is -5.84. The van der Waals surface area contributed by atoms with Gasteiger partial charge < -0.3 is 40.3 Å². The second kappa shape index (κ2) is 8.78. The lowest BCUT2D eigenvalue weighted by atomic mass is 10.3. The van der Waals surface area contributed by atoms with Gasteiger partial charge in [0.2, 0.25) is 5.95 Å². The second-order valence-electron chi connectivity index (χ2n) is 5.79. The standard InChI is InChI=1S/C9H15F3N5O11P3/c10-9(11,12)4(1-17-2-14-5-6(17)15-8(13)16-7(5)18)26-3-29(19,20)27-31(24,25)28-30(21,22)23/h4,14H,1-3H2,(H,19,20)(H,24,25)(H2,21,22,23)(H3,13,15,16,18). The molecule has 3 unspecified atom stereocenters. The zero-order valence-electron chi connectivity index (χ0n) is 14.8. The molecule has 0 spiro atoms. The fraction of sp³-hybridized carbons (Fsp3) is 0.556. The van der Waals surface area contributed by atoms with Crippen molar-refractivity contribution in [3.63, 3.8) is 0 Å². The number of phosphoric acid groups is 2. The Morgan fingerprint density at radius 2 is 1.81 bits per heavy atom. The smallest absolute Gasteiger partial charge is 0.369 e. The Morgan fingerprint density at radius 1 is 1.19 bits per heavy atom. The Balaban J connectivity index is 2.12. The fourth-order valence-electron chi connectivity index (χ4n) is 2.24. The Kier molecular flexibility index (Phi) is 7.29. The normalized spacial score (nSPS) is 19.3. The van der Waals surface area contributed by atoms with Crippen LogP contribution in [-0.2, 0) is 27.1 Å². The number of hydrogen-bond donors (Lipinski definition) is 7. The minimum Gasteiger partial charge on any atom is -0.369 e. The zero-order valence-corrected chi connectivity index (χ0v) is 17.5. The summed E-state index contributed by atoms with van der Waals surface area (Å²) in [7, 11) is -17.0. The van der Waals surface area contributed by atoms with Gasteiger partial charge in [-0.3, -0.25) is 14.3 Å². The SMILES string of the molecule is Nc1nc2c(c(=O)[nH]1)NCN2CC(OCP(=O)(O)OP(=O)(O)OP(=O)(O)O)C(F)(F)F. The molecule has 8 N–H and O–H groups in total. The maximum atomic E-state index is 13.3. The van der Waals surface area contributed by atoms with Crippen molar-refractivity contribution in [2.24, 2.45) is 0 Å². The molecule has 1 aromatic heterocycles. The Bertz CT molecular complexity index is 1030. The van der Waals surface area contributed by atoms with E-state index in [4.69, 9.17) is 20.4 Å². The molecule has 2 heterocycles. The first-order chi connectivity index (χ1) is 13.9. The number of nitrogens with one attached hydrogen (secondary N) is 2. The summed E-state index contributed by atoms with van der Waals surface area (Å²) in [6.45, 7) is -1.39. The minimum absolute atomic E-state index is 0.179. The highest BCUT2D eigenvalue weighted by Crippen LogP contribution is 2.66. The number of nitrogen functional groups attached to an aromatic ring is 1. The first kappa shape index (κ1) is 25.7. The van der Waals surface area contributed by atoms with E-state index in [9.17, 15) is 36.6 Å². The van der Waals surface area contributed by atoms with Gasteiger partial charge in [0.05, 0.1) is 13.2 Å². The highest BCUT2D eigenvalue weighted by atomic mass is 31.3. The molecular weight excluding hydrogens is 504 g/mol. The van der Waals surface area contributed by atoms with Crippen LogP contribution in [0.2, 0.25) is 0 Å². The van der Waals surface area contributed by atoms with Gasteiger partial charge in [0, 0.05) is 0 Å².